The highest BCUT2D eigenvalue weighted by atomic mass is 16.6. The van der Waals surface area contributed by atoms with Gasteiger partial charge in [-0.3, -0.25) is 10.1 Å². The monoisotopic (exact) mass is 528 g/mol. The van der Waals surface area contributed by atoms with E-state index in [1.54, 1.807) is 31.3 Å². The zero-order chi connectivity index (χ0) is 28.1. The molecule has 0 radical (unpaired) electrons. The molecular formula is C29H28N4O6. The Balaban J connectivity index is 1.55. The van der Waals surface area contributed by atoms with Crippen LogP contribution in [0, 0.1) is 10.1 Å². The number of rotatable bonds is 10. The van der Waals surface area contributed by atoms with E-state index in [-0.39, 0.29) is 22.4 Å². The molecule has 10 nitrogen and oxygen atoms in total. The molecule has 0 amide bonds. The molecule has 0 fully saturated rings. The molecule has 1 aliphatic rings. The number of hydrogen-bond acceptors (Lipinski definition) is 6. The summed E-state index contributed by atoms with van der Waals surface area (Å²) in [4.78, 5) is 41.2. The summed E-state index contributed by atoms with van der Waals surface area (Å²) in [6.07, 6.45) is 9.86. The fraction of sp³-hybridized carbons (Fsp3) is 0.207. The number of aliphatic carboxylic acids is 2. The number of imidazole rings is 1. The van der Waals surface area contributed by atoms with Crippen LogP contribution in [0.5, 0.6) is 0 Å². The highest BCUT2D eigenvalue weighted by Crippen LogP contribution is 2.42. The molecule has 200 valence electrons. The van der Waals surface area contributed by atoms with Gasteiger partial charge in [0.05, 0.1) is 28.3 Å². The van der Waals surface area contributed by atoms with Crippen LogP contribution in [-0.2, 0) is 16.1 Å². The molecule has 0 bridgehead atoms. The minimum Gasteiger partial charge on any atom is -0.478 e. The number of nitrogens with zero attached hydrogens (tertiary/aromatic N) is 4. The Labute approximate surface area is 225 Å². The van der Waals surface area contributed by atoms with Crippen molar-refractivity contribution in [3.05, 3.63) is 123 Å². The van der Waals surface area contributed by atoms with Gasteiger partial charge in [0.2, 0.25) is 0 Å². The lowest BCUT2D eigenvalue weighted by Gasteiger charge is -2.37. The molecule has 2 aromatic carbocycles. The molecule has 3 aromatic rings. The predicted octanol–water partition coefficient (Wildman–Crippen LogP) is 5.06. The van der Waals surface area contributed by atoms with Gasteiger partial charge in [-0.05, 0) is 37.0 Å². The molecule has 1 aromatic heterocycles. The van der Waals surface area contributed by atoms with Crippen molar-refractivity contribution in [2.45, 2.75) is 32.7 Å². The van der Waals surface area contributed by atoms with Gasteiger partial charge in [0, 0.05) is 49.0 Å². The Kier molecular flexibility index (Phi) is 8.04. The first-order valence-corrected chi connectivity index (χ1v) is 12.3. The van der Waals surface area contributed by atoms with Crippen LogP contribution in [0.3, 0.4) is 0 Å². The van der Waals surface area contributed by atoms with Gasteiger partial charge in [-0.2, -0.15) is 0 Å². The van der Waals surface area contributed by atoms with Crippen LogP contribution in [0.1, 0.15) is 42.9 Å². The molecule has 2 heterocycles. The first-order chi connectivity index (χ1) is 18.7. The van der Waals surface area contributed by atoms with Crippen LogP contribution in [0.25, 0.3) is 6.08 Å². The summed E-state index contributed by atoms with van der Waals surface area (Å²) in [7, 11) is 0. The summed E-state index contributed by atoms with van der Waals surface area (Å²) >= 11 is 0. The largest absolute Gasteiger partial charge is 0.478 e. The molecule has 10 heteroatoms. The van der Waals surface area contributed by atoms with E-state index in [0.29, 0.717) is 24.4 Å². The fourth-order valence-corrected chi connectivity index (χ4v) is 4.90. The SMILES string of the molecule is CC1=C(C(=O)O)C(c2cccc([N+](=O)[O-])c2)C(C(=O)O)=C(C)N1CCC=Cc1ccc(Cn2ccnc2)cc1. The predicted molar refractivity (Wildman–Crippen MR) is 145 cm³/mol. The van der Waals surface area contributed by atoms with Gasteiger partial charge in [-0.15, -0.1) is 0 Å². The Bertz CT molecular complexity index is 1450. The number of hydrogen-bond donors (Lipinski definition) is 2. The third-order valence-electron chi connectivity index (χ3n) is 6.78. The Morgan fingerprint density at radius 3 is 2.28 bits per heavy atom. The van der Waals surface area contributed by atoms with Crippen LogP contribution >= 0.6 is 0 Å². The van der Waals surface area contributed by atoms with Crippen LogP contribution in [0.2, 0.25) is 0 Å². The Morgan fingerprint density at radius 2 is 1.72 bits per heavy atom. The summed E-state index contributed by atoms with van der Waals surface area (Å²) in [6.45, 7) is 4.37. The number of nitro benzene ring substituents is 1. The second-order valence-corrected chi connectivity index (χ2v) is 9.21. The number of carboxylic acids is 2. The highest BCUT2D eigenvalue weighted by Gasteiger charge is 2.39. The van der Waals surface area contributed by atoms with Gasteiger partial charge in [0.1, 0.15) is 0 Å². The maximum Gasteiger partial charge on any atom is 0.334 e. The van der Waals surface area contributed by atoms with Gasteiger partial charge in [-0.25, -0.2) is 14.6 Å². The lowest BCUT2D eigenvalue weighted by molar-refractivity contribution is -0.384. The molecule has 0 saturated carbocycles. The second kappa shape index (κ2) is 11.6. The molecule has 0 unspecified atom stereocenters. The van der Waals surface area contributed by atoms with Crippen molar-refractivity contribution in [1.29, 1.82) is 0 Å². The smallest absolute Gasteiger partial charge is 0.334 e. The van der Waals surface area contributed by atoms with Crippen LogP contribution in [0.15, 0.2) is 95.9 Å². The number of aromatic nitrogens is 2. The normalized spacial score (nSPS) is 14.4. The molecule has 4 rings (SSSR count). The third kappa shape index (κ3) is 5.96. The van der Waals surface area contributed by atoms with E-state index >= 15 is 0 Å². The van der Waals surface area contributed by atoms with Crippen molar-refractivity contribution < 1.29 is 24.7 Å². The van der Waals surface area contributed by atoms with E-state index < -0.39 is 22.8 Å². The number of nitro groups is 1. The van der Waals surface area contributed by atoms with Crippen molar-refractivity contribution in [2.75, 3.05) is 6.54 Å². The standard InChI is InChI=1S/C29H28N4O6/c1-19-25(28(34)35)27(23-7-5-8-24(16-23)33(38)39)26(29(36)37)20(2)32(19)14-4-3-6-21-9-11-22(12-10-21)17-31-15-13-30-18-31/h3,5-13,15-16,18,27H,4,14,17H2,1-2H3,(H,34,35)(H,36,37). The van der Waals surface area contributed by atoms with Gasteiger partial charge in [-0.1, -0.05) is 48.6 Å². The van der Waals surface area contributed by atoms with Gasteiger partial charge < -0.3 is 19.7 Å². The van der Waals surface area contributed by atoms with Crippen molar-refractivity contribution in [3.63, 3.8) is 0 Å². The molecule has 39 heavy (non-hydrogen) atoms. The van der Waals surface area contributed by atoms with Crippen molar-refractivity contribution in [2.24, 2.45) is 0 Å². The summed E-state index contributed by atoms with van der Waals surface area (Å²) in [5.74, 6) is -3.69. The van der Waals surface area contributed by atoms with Crippen molar-refractivity contribution in [3.8, 4) is 0 Å². The number of non-ortho nitro benzene ring substituents is 1. The quantitative estimate of drug-likeness (QED) is 0.275. The second-order valence-electron chi connectivity index (χ2n) is 9.21. The minimum absolute atomic E-state index is 0.115. The summed E-state index contributed by atoms with van der Waals surface area (Å²) < 4.78 is 1.98. The van der Waals surface area contributed by atoms with Crippen LogP contribution in [0.4, 0.5) is 5.69 Å². The highest BCUT2D eigenvalue weighted by molar-refractivity contribution is 5.98. The number of carbonyl (C=O) groups is 2. The average molecular weight is 529 g/mol. The zero-order valence-electron chi connectivity index (χ0n) is 21.5. The Morgan fingerprint density at radius 1 is 1.05 bits per heavy atom. The summed E-state index contributed by atoms with van der Waals surface area (Å²) in [6, 6.07) is 13.6. The first kappa shape index (κ1) is 27.1. The first-order valence-electron chi connectivity index (χ1n) is 12.3. The van der Waals surface area contributed by atoms with E-state index in [4.69, 9.17) is 0 Å². The average Bonchev–Trinajstić information content (AvgIpc) is 3.41. The van der Waals surface area contributed by atoms with E-state index in [2.05, 4.69) is 4.98 Å². The van der Waals surface area contributed by atoms with Crippen LogP contribution < -0.4 is 0 Å². The van der Waals surface area contributed by atoms with Crippen molar-refractivity contribution in [1.82, 2.24) is 14.5 Å². The minimum atomic E-state index is -1.27. The van der Waals surface area contributed by atoms with E-state index in [1.165, 1.54) is 24.3 Å². The molecule has 0 saturated heterocycles. The van der Waals surface area contributed by atoms with E-state index in [0.717, 1.165) is 17.7 Å². The van der Waals surface area contributed by atoms with Gasteiger partial charge in [0.15, 0.2) is 0 Å². The lowest BCUT2D eigenvalue weighted by Crippen LogP contribution is -2.34. The van der Waals surface area contributed by atoms with Gasteiger partial charge >= 0.3 is 11.9 Å². The molecule has 1 aliphatic heterocycles. The van der Waals surface area contributed by atoms with Gasteiger partial charge in [0.25, 0.3) is 5.69 Å². The topological polar surface area (TPSA) is 139 Å². The Hall–Kier alpha value is -4.99. The number of carboxylic acid groups (broad SMARTS) is 2. The maximum absolute atomic E-state index is 12.4. The zero-order valence-corrected chi connectivity index (χ0v) is 21.5. The van der Waals surface area contributed by atoms with Crippen LogP contribution in [-0.4, -0.2) is 48.1 Å². The molecule has 0 spiro atoms. The number of benzene rings is 2. The molecule has 0 atom stereocenters. The molecule has 0 aliphatic carbocycles. The summed E-state index contributed by atoms with van der Waals surface area (Å²) in [5, 5.41) is 31.5. The molecular weight excluding hydrogens is 500 g/mol. The maximum atomic E-state index is 12.4. The summed E-state index contributed by atoms with van der Waals surface area (Å²) in [5.41, 5.74) is 2.73. The van der Waals surface area contributed by atoms with E-state index in [9.17, 15) is 29.9 Å². The lowest BCUT2D eigenvalue weighted by atomic mass is 9.79. The third-order valence-corrected chi connectivity index (χ3v) is 6.78. The fourth-order valence-electron chi connectivity index (χ4n) is 4.90. The molecule has 2 N–H and O–H groups in total. The van der Waals surface area contributed by atoms with Crippen molar-refractivity contribution >= 4 is 23.7 Å². The number of allylic oxidation sites excluding steroid dienone is 2. The van der Waals surface area contributed by atoms with E-state index in [1.807, 2.05) is 47.2 Å².